The standard InChI is InChI=1S/C10H22O6.2C7H6O5/c11-1-3-13-5-7-15-9-10-16-8-6-14-4-2-12;2*8-4-1-3(7(11)12)2-5(9)6(4)10/h11-12H,1-10H2;2*1-2,8-10H,(H,11,12). The van der Waals surface area contributed by atoms with E-state index in [9.17, 15) is 9.59 Å². The van der Waals surface area contributed by atoms with Crippen molar-refractivity contribution in [1.29, 1.82) is 0 Å². The molecule has 226 valence electrons. The molecule has 0 aromatic heterocycles. The van der Waals surface area contributed by atoms with E-state index in [0.717, 1.165) is 24.3 Å². The lowest BCUT2D eigenvalue weighted by Gasteiger charge is -2.06. The molecule has 2 aromatic rings. The summed E-state index contributed by atoms with van der Waals surface area (Å²) < 4.78 is 20.4. The van der Waals surface area contributed by atoms with Gasteiger partial charge in [-0.3, -0.25) is 0 Å². The van der Waals surface area contributed by atoms with Crippen molar-refractivity contribution in [3.8, 4) is 34.5 Å². The highest BCUT2D eigenvalue weighted by atomic mass is 16.6. The third-order valence-electron chi connectivity index (χ3n) is 4.22. The number of hydrogen-bond acceptors (Lipinski definition) is 14. The predicted octanol–water partition coefficient (Wildman–Crippen LogP) is 0.0406. The molecule has 0 radical (unpaired) electrons. The molecular formula is C24H34O16. The van der Waals surface area contributed by atoms with Crippen LogP contribution in [0.3, 0.4) is 0 Å². The molecule has 0 saturated heterocycles. The number of benzene rings is 2. The summed E-state index contributed by atoms with van der Waals surface area (Å²) in [5.74, 6) is -6.67. The largest absolute Gasteiger partial charge is 0.504 e. The van der Waals surface area contributed by atoms with Crippen LogP contribution in [0.15, 0.2) is 24.3 Å². The van der Waals surface area contributed by atoms with Gasteiger partial charge in [0.05, 0.1) is 77.2 Å². The van der Waals surface area contributed by atoms with Gasteiger partial charge >= 0.3 is 11.9 Å². The van der Waals surface area contributed by atoms with Gasteiger partial charge < -0.3 is 70.0 Å². The maximum absolute atomic E-state index is 10.3. The first-order valence-corrected chi connectivity index (χ1v) is 11.4. The number of aliphatic hydroxyl groups excluding tert-OH is 2. The van der Waals surface area contributed by atoms with Gasteiger partial charge in [0.25, 0.3) is 0 Å². The number of ether oxygens (including phenoxy) is 4. The number of aromatic carboxylic acids is 2. The Morgan fingerprint density at radius 1 is 0.475 bits per heavy atom. The minimum atomic E-state index is -1.29. The number of phenolic OH excluding ortho intramolecular Hbond substituents is 6. The Bertz CT molecular complexity index is 898. The van der Waals surface area contributed by atoms with Crippen molar-refractivity contribution in [2.45, 2.75) is 0 Å². The summed E-state index contributed by atoms with van der Waals surface area (Å²) >= 11 is 0. The Hall–Kier alpha value is -4.06. The quantitative estimate of drug-likeness (QED) is 0.0986. The average Bonchev–Trinajstić information content (AvgIpc) is 2.91. The van der Waals surface area contributed by atoms with E-state index in [1.54, 1.807) is 0 Å². The van der Waals surface area contributed by atoms with Crippen LogP contribution in [-0.2, 0) is 18.9 Å². The van der Waals surface area contributed by atoms with Gasteiger partial charge in [-0.1, -0.05) is 0 Å². The molecule has 0 heterocycles. The van der Waals surface area contributed by atoms with Crippen LogP contribution in [0.4, 0.5) is 0 Å². The SMILES string of the molecule is O=C(O)c1cc(O)c(O)c(O)c1.O=C(O)c1cc(O)c(O)c(O)c1.OCCOCCOCCOCCOCCO. The van der Waals surface area contributed by atoms with Crippen molar-refractivity contribution in [3.63, 3.8) is 0 Å². The van der Waals surface area contributed by atoms with Crippen molar-refractivity contribution in [3.05, 3.63) is 35.4 Å². The third kappa shape index (κ3) is 15.4. The smallest absolute Gasteiger partial charge is 0.335 e. The molecule has 0 fully saturated rings. The number of phenols is 6. The molecule has 16 nitrogen and oxygen atoms in total. The van der Waals surface area contributed by atoms with Gasteiger partial charge in [0.1, 0.15) is 0 Å². The number of carbonyl (C=O) groups is 2. The van der Waals surface area contributed by atoms with Crippen molar-refractivity contribution in [2.24, 2.45) is 0 Å². The highest BCUT2D eigenvalue weighted by Crippen LogP contribution is 2.36. The molecule has 40 heavy (non-hydrogen) atoms. The van der Waals surface area contributed by atoms with Gasteiger partial charge in [-0.15, -0.1) is 0 Å². The summed E-state index contributed by atoms with van der Waals surface area (Å²) in [4.78, 5) is 20.6. The maximum atomic E-state index is 10.3. The van der Waals surface area contributed by atoms with Crippen LogP contribution in [0.25, 0.3) is 0 Å². The van der Waals surface area contributed by atoms with Crippen LogP contribution in [0.5, 0.6) is 34.5 Å². The minimum Gasteiger partial charge on any atom is -0.504 e. The number of carboxylic acid groups (broad SMARTS) is 2. The number of aliphatic hydroxyl groups is 2. The molecule has 2 rings (SSSR count). The van der Waals surface area contributed by atoms with Crippen molar-refractivity contribution in [2.75, 3.05) is 66.1 Å². The lowest BCUT2D eigenvalue weighted by atomic mass is 10.2. The van der Waals surface area contributed by atoms with E-state index >= 15 is 0 Å². The Morgan fingerprint density at radius 3 is 0.900 bits per heavy atom. The van der Waals surface area contributed by atoms with Crippen LogP contribution in [0, 0.1) is 0 Å². The Balaban J connectivity index is 0.000000578. The van der Waals surface area contributed by atoms with Gasteiger partial charge in [0, 0.05) is 0 Å². The van der Waals surface area contributed by atoms with Gasteiger partial charge in [0.2, 0.25) is 0 Å². The molecule has 16 heteroatoms. The summed E-state index contributed by atoms with van der Waals surface area (Å²) in [7, 11) is 0. The molecule has 0 saturated carbocycles. The van der Waals surface area contributed by atoms with Crippen LogP contribution >= 0.6 is 0 Å². The lowest BCUT2D eigenvalue weighted by Crippen LogP contribution is -2.13. The molecule has 0 aliphatic carbocycles. The fourth-order valence-electron chi connectivity index (χ4n) is 2.35. The van der Waals surface area contributed by atoms with E-state index in [2.05, 4.69) is 0 Å². The van der Waals surface area contributed by atoms with Crippen LogP contribution < -0.4 is 0 Å². The van der Waals surface area contributed by atoms with Gasteiger partial charge in [-0.25, -0.2) is 9.59 Å². The summed E-state index contributed by atoms with van der Waals surface area (Å²) in [6, 6.07) is 3.38. The minimum absolute atomic E-state index is 0.0386. The fraction of sp³-hybridized carbons (Fsp3) is 0.417. The zero-order valence-corrected chi connectivity index (χ0v) is 21.3. The van der Waals surface area contributed by atoms with E-state index in [1.165, 1.54) is 0 Å². The monoisotopic (exact) mass is 578 g/mol. The number of hydrogen-bond donors (Lipinski definition) is 10. The first-order valence-electron chi connectivity index (χ1n) is 11.4. The average molecular weight is 579 g/mol. The summed E-state index contributed by atoms with van der Waals surface area (Å²) in [5.41, 5.74) is -0.578. The molecule has 0 atom stereocenters. The molecule has 0 aliphatic rings. The van der Waals surface area contributed by atoms with Crippen molar-refractivity contribution < 1.29 is 79.6 Å². The number of aromatic hydroxyl groups is 6. The molecule has 0 bridgehead atoms. The van der Waals surface area contributed by atoms with E-state index in [0.29, 0.717) is 52.9 Å². The van der Waals surface area contributed by atoms with Crippen LogP contribution in [0.2, 0.25) is 0 Å². The number of carboxylic acids is 2. The van der Waals surface area contributed by atoms with Crippen LogP contribution in [0.1, 0.15) is 20.7 Å². The summed E-state index contributed by atoms with van der Waals surface area (Å²) in [5, 5.41) is 86.7. The first kappa shape index (κ1) is 35.9. The van der Waals surface area contributed by atoms with Gasteiger partial charge in [0.15, 0.2) is 34.5 Å². The fourth-order valence-corrected chi connectivity index (χ4v) is 2.35. The highest BCUT2D eigenvalue weighted by Gasteiger charge is 2.12. The topological polar surface area (TPSA) is 273 Å². The predicted molar refractivity (Wildman–Crippen MR) is 134 cm³/mol. The second-order valence-electron chi connectivity index (χ2n) is 7.23. The molecule has 0 amide bonds. The summed E-state index contributed by atoms with van der Waals surface area (Å²) in [6.45, 7) is 3.79. The van der Waals surface area contributed by atoms with Crippen LogP contribution in [-0.4, -0.2) is 129 Å². The zero-order chi connectivity index (χ0) is 30.5. The second kappa shape index (κ2) is 20.8. The van der Waals surface area contributed by atoms with E-state index in [1.807, 2.05) is 0 Å². The molecule has 10 N–H and O–H groups in total. The van der Waals surface area contributed by atoms with Crippen molar-refractivity contribution >= 4 is 11.9 Å². The molecule has 0 aliphatic heterocycles. The Morgan fingerprint density at radius 2 is 0.700 bits per heavy atom. The molecular weight excluding hydrogens is 544 g/mol. The van der Waals surface area contributed by atoms with Gasteiger partial charge in [-0.05, 0) is 24.3 Å². The zero-order valence-electron chi connectivity index (χ0n) is 21.3. The first-order chi connectivity index (χ1) is 19.0. The highest BCUT2D eigenvalue weighted by molar-refractivity contribution is 5.89. The van der Waals surface area contributed by atoms with E-state index in [-0.39, 0.29) is 24.3 Å². The lowest BCUT2D eigenvalue weighted by molar-refractivity contribution is -0.00856. The number of rotatable bonds is 15. The van der Waals surface area contributed by atoms with E-state index in [4.69, 9.17) is 70.0 Å². The molecule has 2 aromatic carbocycles. The second-order valence-corrected chi connectivity index (χ2v) is 7.23. The van der Waals surface area contributed by atoms with Crippen molar-refractivity contribution in [1.82, 2.24) is 0 Å². The summed E-state index contributed by atoms with van der Waals surface area (Å²) in [6.07, 6.45) is 0. The Labute approximate surface area is 228 Å². The van der Waals surface area contributed by atoms with Gasteiger partial charge in [-0.2, -0.15) is 0 Å². The molecule has 0 unspecified atom stereocenters. The normalized spacial score (nSPS) is 10.2. The third-order valence-corrected chi connectivity index (χ3v) is 4.22. The maximum Gasteiger partial charge on any atom is 0.335 e. The molecule has 0 spiro atoms. The van der Waals surface area contributed by atoms with E-state index < -0.39 is 46.4 Å². The Kier molecular flexibility index (Phi) is 18.7.